The van der Waals surface area contributed by atoms with Crippen LogP contribution in [0.3, 0.4) is 0 Å². The predicted octanol–water partition coefficient (Wildman–Crippen LogP) is -0.819. The van der Waals surface area contributed by atoms with Gasteiger partial charge in [-0.25, -0.2) is 0 Å². The zero-order valence-electron chi connectivity index (χ0n) is 2.66. The van der Waals surface area contributed by atoms with Crippen LogP contribution in [0.1, 0.15) is 0 Å². The zero-order valence-corrected chi connectivity index (χ0v) is 6.41. The van der Waals surface area contributed by atoms with Gasteiger partial charge in [-0.3, -0.25) is 0 Å². The molecule has 6 heavy (non-hydrogen) atoms. The molecule has 0 rings (SSSR count). The summed E-state index contributed by atoms with van der Waals surface area (Å²) in [7, 11) is -3.75. The molecule has 0 aromatic rings. The Kier molecular flexibility index (Phi) is 2.11. The number of rotatable bonds is 1. The summed E-state index contributed by atoms with van der Waals surface area (Å²) in [5, 5.41) is 0. The number of hydrogen-bond acceptors (Lipinski definition) is 2. The van der Waals surface area contributed by atoms with Gasteiger partial charge in [0.2, 0.25) is 0 Å². The van der Waals surface area contributed by atoms with Gasteiger partial charge in [0.1, 0.15) is 0 Å². The monoisotopic (exact) mass is 278 g/mol. The molecule has 0 radical (unpaired) electrons. The van der Waals surface area contributed by atoms with Crippen molar-refractivity contribution in [2.75, 3.05) is 0 Å². The van der Waals surface area contributed by atoms with Crippen molar-refractivity contribution in [3.63, 3.8) is 0 Å². The maximum absolute atomic E-state index is 9.52. The first-order chi connectivity index (χ1) is 2.56. The topological polar surface area (TPSA) is 54.4 Å². The van der Waals surface area contributed by atoms with Crippen molar-refractivity contribution in [3.8, 4) is 0 Å². The minimum atomic E-state index is -3.75. The molecule has 3 nitrogen and oxygen atoms in total. The Bertz CT molecular complexity index is 121. The summed E-state index contributed by atoms with van der Waals surface area (Å²) >= 11 is 0.729. The molecule has 1 N–H and O–H groups in total. The molecule has 0 spiro atoms. The van der Waals surface area contributed by atoms with Crippen molar-refractivity contribution in [2.45, 2.75) is 0 Å². The zero-order chi connectivity index (χ0) is 5.21. The average Bonchev–Trinajstić information content (AvgIpc) is 1.35. The van der Waals surface area contributed by atoms with E-state index in [0.29, 0.717) is 0 Å². The molecule has 0 saturated heterocycles. The predicted molar refractivity (Wildman–Crippen MR) is 17.6 cm³/mol. The molecule has 5 heteroatoms. The number of hydrogen-bond donors (Lipinski definition) is 1. The van der Waals surface area contributed by atoms with Crippen LogP contribution in [-0.2, 0) is 29.5 Å². The van der Waals surface area contributed by atoms with Crippen LogP contribution >= 0.6 is 0 Å². The van der Waals surface area contributed by atoms with Crippen LogP contribution in [0.2, 0.25) is 0 Å². The van der Waals surface area contributed by atoms with Crippen molar-refractivity contribution < 1.29 is 32.3 Å². The van der Waals surface area contributed by atoms with Gasteiger partial charge in [-0.1, -0.05) is 0 Å². The molecule has 0 amide bonds. The van der Waals surface area contributed by atoms with Crippen LogP contribution in [0.15, 0.2) is 0 Å². The first-order valence-corrected chi connectivity index (χ1v) is 4.18. The van der Waals surface area contributed by atoms with Crippen molar-refractivity contribution >= 4 is 13.9 Å². The molecule has 0 atom stereocenters. The van der Waals surface area contributed by atoms with Gasteiger partial charge in [-0.2, -0.15) is 0 Å². The van der Waals surface area contributed by atoms with Gasteiger partial charge in [-0.05, 0) is 0 Å². The summed E-state index contributed by atoms with van der Waals surface area (Å²) < 4.78 is 27.6. The Balaban J connectivity index is 4.25. The molecular weight excluding hydrogens is 276 g/mol. The Morgan fingerprint density at radius 2 is 1.83 bits per heavy atom. The molecular formula is CH2O3SW. The van der Waals surface area contributed by atoms with Gasteiger partial charge in [0.15, 0.2) is 0 Å². The fraction of sp³-hybridized carbons (Fsp3) is 0. The van der Waals surface area contributed by atoms with E-state index in [-0.39, 0.29) is 0 Å². The van der Waals surface area contributed by atoms with Crippen molar-refractivity contribution in [3.05, 3.63) is 0 Å². The van der Waals surface area contributed by atoms with E-state index < -0.39 is 10.1 Å². The molecule has 0 unspecified atom stereocenters. The second-order valence-electron chi connectivity index (χ2n) is 0.611. The third kappa shape index (κ3) is 4.47. The molecule has 36 valence electrons. The Morgan fingerprint density at radius 1 is 1.67 bits per heavy atom. The van der Waals surface area contributed by atoms with Crippen molar-refractivity contribution in [1.82, 2.24) is 0 Å². The Labute approximate surface area is 46.5 Å². The van der Waals surface area contributed by atoms with E-state index in [9.17, 15) is 8.42 Å². The van der Waals surface area contributed by atoms with E-state index in [1.807, 2.05) is 0 Å². The third-order valence-corrected chi connectivity index (χ3v) is 2.99. The maximum atomic E-state index is 9.52. The molecule has 0 fully saturated rings. The first-order valence-electron chi connectivity index (χ1n) is 0.987. The van der Waals surface area contributed by atoms with Gasteiger partial charge >= 0.3 is 46.2 Å². The molecule has 0 aromatic heterocycles. The first kappa shape index (κ1) is 6.47. The van der Waals surface area contributed by atoms with Crippen LogP contribution < -0.4 is 0 Å². The van der Waals surface area contributed by atoms with Crippen LogP contribution in [0.5, 0.6) is 0 Å². The van der Waals surface area contributed by atoms with Crippen LogP contribution in [-0.4, -0.2) is 16.7 Å². The summed E-state index contributed by atoms with van der Waals surface area (Å²) in [5.41, 5.74) is 0. The molecule has 0 aliphatic carbocycles. The normalized spacial score (nSPS) is 10.8. The van der Waals surface area contributed by atoms with E-state index >= 15 is 0 Å². The molecule has 0 heterocycles. The second kappa shape index (κ2) is 1.96. The van der Waals surface area contributed by atoms with Gasteiger partial charge in [-0.15, -0.1) is 0 Å². The summed E-state index contributed by atoms with van der Waals surface area (Å²) in [6.45, 7) is 0. The summed E-state index contributed by atoms with van der Waals surface area (Å²) in [4.78, 5) is 0. The Hall–Kier alpha value is 0.468. The van der Waals surface area contributed by atoms with E-state index in [0.717, 1.165) is 23.1 Å². The third-order valence-electron chi connectivity index (χ3n) is 0.122. The summed E-state index contributed by atoms with van der Waals surface area (Å²) in [5.74, 6) is 0. The van der Waals surface area contributed by atoms with Gasteiger partial charge in [0.25, 0.3) is 0 Å². The van der Waals surface area contributed by atoms with E-state index in [4.69, 9.17) is 4.55 Å². The molecule has 0 aromatic carbocycles. The summed E-state index contributed by atoms with van der Waals surface area (Å²) in [6.07, 6.45) is 0. The molecule has 0 saturated carbocycles. The summed E-state index contributed by atoms with van der Waals surface area (Å²) in [6, 6.07) is 0. The van der Waals surface area contributed by atoms with E-state index in [2.05, 4.69) is 0 Å². The Morgan fingerprint density at radius 3 is 1.83 bits per heavy atom. The standard InChI is InChI=1S/CH2O3S.W/c1-5(2,3)4;/h1H,(H,2,3,4);. The molecule has 0 aliphatic heterocycles. The van der Waals surface area contributed by atoms with Crippen LogP contribution in [0.25, 0.3) is 0 Å². The van der Waals surface area contributed by atoms with E-state index in [1.54, 1.807) is 0 Å². The molecule has 0 bridgehead atoms. The fourth-order valence-corrected chi connectivity index (χ4v) is 0. The van der Waals surface area contributed by atoms with Gasteiger partial charge in [0, 0.05) is 0 Å². The van der Waals surface area contributed by atoms with Gasteiger partial charge in [0.05, 0.1) is 0 Å². The molecule has 0 aliphatic rings. The minimum absolute atomic E-state index is 0.729. The van der Waals surface area contributed by atoms with Crippen LogP contribution in [0, 0.1) is 0 Å². The van der Waals surface area contributed by atoms with Crippen molar-refractivity contribution in [1.29, 1.82) is 0 Å². The quantitative estimate of drug-likeness (QED) is 0.638. The second-order valence-corrected chi connectivity index (χ2v) is 3.91. The fourth-order valence-electron chi connectivity index (χ4n) is 0. The van der Waals surface area contributed by atoms with E-state index in [1.165, 1.54) is 0 Å². The van der Waals surface area contributed by atoms with Crippen LogP contribution in [0.4, 0.5) is 0 Å². The van der Waals surface area contributed by atoms with Crippen molar-refractivity contribution in [2.24, 2.45) is 0 Å². The SMILES string of the molecule is O=S(=O)(O)[CH]=[W]. The average molecular weight is 278 g/mol. The van der Waals surface area contributed by atoms with Gasteiger partial charge < -0.3 is 0 Å².